The zero-order valence-corrected chi connectivity index (χ0v) is 16.0. The van der Waals surface area contributed by atoms with Gasteiger partial charge in [0.1, 0.15) is 18.2 Å². The number of aromatic nitrogens is 2. The maximum Gasteiger partial charge on any atom is 0.251 e. The maximum atomic E-state index is 13.7. The van der Waals surface area contributed by atoms with Crippen LogP contribution in [0.1, 0.15) is 5.69 Å². The van der Waals surface area contributed by atoms with Gasteiger partial charge >= 0.3 is 0 Å². The normalized spacial score (nSPS) is 10.5. The molecule has 6 nitrogen and oxygen atoms in total. The minimum absolute atomic E-state index is 0.0291. The highest BCUT2D eigenvalue weighted by molar-refractivity contribution is 7.99. The Balaban J connectivity index is 1.58. The summed E-state index contributed by atoms with van der Waals surface area (Å²) in [5.74, 6) is -0.478. The fourth-order valence-electron chi connectivity index (χ4n) is 2.21. The maximum absolute atomic E-state index is 13.7. The number of hydrogen-bond acceptors (Lipinski definition) is 5. The lowest BCUT2D eigenvalue weighted by molar-refractivity contribution is -0.113. The topological polar surface area (TPSA) is 84.1 Å². The number of halogens is 2. The van der Waals surface area contributed by atoms with Gasteiger partial charge in [-0.2, -0.15) is 0 Å². The van der Waals surface area contributed by atoms with E-state index in [1.54, 1.807) is 12.1 Å². The standard InChI is InChI=1S/C19H15ClFN3O3S/c20-12-6-7-16(15(21)8-12)23-18(26)11-28-19-22-13(9-17(25)24-19)10-27-14-4-2-1-3-5-14/h1-9H,10-11H2,(H,23,26)(H,22,24,25). The van der Waals surface area contributed by atoms with Crippen LogP contribution in [0, 0.1) is 5.82 Å². The third-order valence-corrected chi connectivity index (χ3v) is 4.56. The van der Waals surface area contributed by atoms with Crippen LogP contribution in [0.5, 0.6) is 5.75 Å². The minimum Gasteiger partial charge on any atom is -0.487 e. The molecule has 0 aliphatic carbocycles. The molecule has 3 rings (SSSR count). The second-order valence-electron chi connectivity index (χ2n) is 5.60. The Morgan fingerprint density at radius 1 is 1.21 bits per heavy atom. The molecule has 0 atom stereocenters. The summed E-state index contributed by atoms with van der Waals surface area (Å²) in [4.78, 5) is 30.7. The van der Waals surface area contributed by atoms with E-state index in [-0.39, 0.29) is 33.8 Å². The molecule has 1 aromatic heterocycles. The molecule has 1 amide bonds. The van der Waals surface area contributed by atoms with E-state index < -0.39 is 11.7 Å². The molecule has 0 aliphatic rings. The Morgan fingerprint density at radius 2 is 2.00 bits per heavy atom. The van der Waals surface area contributed by atoms with Crippen LogP contribution in [-0.4, -0.2) is 21.6 Å². The Bertz CT molecular complexity index is 1030. The molecule has 0 saturated heterocycles. The first-order chi connectivity index (χ1) is 13.5. The Labute approximate surface area is 169 Å². The quantitative estimate of drug-likeness (QED) is 0.448. The third-order valence-electron chi connectivity index (χ3n) is 3.45. The fraction of sp³-hybridized carbons (Fsp3) is 0.105. The minimum atomic E-state index is -0.627. The van der Waals surface area contributed by atoms with Gasteiger partial charge in [0.25, 0.3) is 5.56 Å². The smallest absolute Gasteiger partial charge is 0.251 e. The summed E-state index contributed by atoms with van der Waals surface area (Å²) in [7, 11) is 0. The molecule has 2 aromatic carbocycles. The number of carbonyl (C=O) groups is 1. The highest BCUT2D eigenvalue weighted by Crippen LogP contribution is 2.20. The number of H-pyrrole nitrogens is 1. The number of hydrogen-bond donors (Lipinski definition) is 2. The van der Waals surface area contributed by atoms with Gasteiger partial charge in [0.15, 0.2) is 5.16 Å². The number of amides is 1. The molecule has 1 heterocycles. The van der Waals surface area contributed by atoms with Crippen molar-refractivity contribution in [3.05, 3.63) is 81.5 Å². The molecule has 9 heteroatoms. The molecule has 0 unspecified atom stereocenters. The van der Waals surface area contributed by atoms with E-state index in [9.17, 15) is 14.0 Å². The number of nitrogens with one attached hydrogen (secondary N) is 2. The van der Waals surface area contributed by atoms with Crippen LogP contribution in [0.3, 0.4) is 0 Å². The van der Waals surface area contributed by atoms with Crippen molar-refractivity contribution in [3.8, 4) is 5.75 Å². The number of thioether (sulfide) groups is 1. The number of ether oxygens (including phenoxy) is 1. The number of nitrogens with zero attached hydrogens (tertiary/aromatic N) is 1. The lowest BCUT2D eigenvalue weighted by Crippen LogP contribution is -2.17. The van der Waals surface area contributed by atoms with Crippen LogP contribution in [0.4, 0.5) is 10.1 Å². The second-order valence-corrected chi connectivity index (χ2v) is 7.01. The summed E-state index contributed by atoms with van der Waals surface area (Å²) in [5, 5.41) is 2.95. The van der Waals surface area contributed by atoms with Gasteiger partial charge in [0, 0.05) is 11.1 Å². The number of aromatic amines is 1. The first kappa shape index (κ1) is 19.9. The van der Waals surface area contributed by atoms with Gasteiger partial charge < -0.3 is 15.0 Å². The van der Waals surface area contributed by atoms with E-state index in [1.165, 1.54) is 18.2 Å². The molecule has 0 saturated carbocycles. The van der Waals surface area contributed by atoms with Gasteiger partial charge in [-0.1, -0.05) is 41.6 Å². The van der Waals surface area contributed by atoms with Crippen molar-refractivity contribution in [1.82, 2.24) is 9.97 Å². The Morgan fingerprint density at radius 3 is 2.75 bits per heavy atom. The lowest BCUT2D eigenvalue weighted by Gasteiger charge is -2.08. The molecule has 3 aromatic rings. The predicted molar refractivity (Wildman–Crippen MR) is 106 cm³/mol. The highest BCUT2D eigenvalue weighted by atomic mass is 35.5. The van der Waals surface area contributed by atoms with E-state index in [1.807, 2.05) is 18.2 Å². The summed E-state index contributed by atoms with van der Waals surface area (Å²) < 4.78 is 19.3. The SMILES string of the molecule is O=C(CSc1nc(COc2ccccc2)cc(=O)[nH]1)Nc1ccc(Cl)cc1F. The molecular formula is C19H15ClFN3O3S. The number of rotatable bonds is 7. The molecule has 0 bridgehead atoms. The fourth-order valence-corrected chi connectivity index (χ4v) is 3.06. The number of carbonyl (C=O) groups excluding carboxylic acids is 1. The zero-order chi connectivity index (χ0) is 19.9. The molecule has 2 N–H and O–H groups in total. The van der Waals surface area contributed by atoms with E-state index in [2.05, 4.69) is 15.3 Å². The Hall–Kier alpha value is -2.84. The molecule has 0 aliphatic heterocycles. The first-order valence-corrected chi connectivity index (χ1v) is 9.52. The van der Waals surface area contributed by atoms with Crippen LogP contribution in [0.2, 0.25) is 5.02 Å². The summed E-state index contributed by atoms with van der Waals surface area (Å²) in [6.45, 7) is 0.115. The second kappa shape index (κ2) is 9.38. The lowest BCUT2D eigenvalue weighted by atomic mass is 10.3. The summed E-state index contributed by atoms with van der Waals surface area (Å²) in [6.07, 6.45) is 0. The monoisotopic (exact) mass is 419 g/mol. The van der Waals surface area contributed by atoms with Gasteiger partial charge in [0.05, 0.1) is 17.1 Å². The van der Waals surface area contributed by atoms with Crippen LogP contribution in [0.15, 0.2) is 64.5 Å². The molecule has 0 radical (unpaired) electrons. The van der Waals surface area contributed by atoms with Crippen LogP contribution < -0.4 is 15.6 Å². The first-order valence-electron chi connectivity index (χ1n) is 8.15. The number of anilines is 1. The van der Waals surface area contributed by atoms with Crippen LogP contribution >= 0.6 is 23.4 Å². The molecular weight excluding hydrogens is 405 g/mol. The van der Waals surface area contributed by atoms with Crippen molar-refractivity contribution in [2.75, 3.05) is 11.1 Å². The summed E-state index contributed by atoms with van der Waals surface area (Å²) >= 11 is 6.70. The van der Waals surface area contributed by atoms with E-state index in [4.69, 9.17) is 16.3 Å². The molecule has 0 fully saturated rings. The zero-order valence-electron chi connectivity index (χ0n) is 14.4. The van der Waals surface area contributed by atoms with Crippen molar-refractivity contribution < 1.29 is 13.9 Å². The third kappa shape index (κ3) is 5.83. The van der Waals surface area contributed by atoms with Gasteiger partial charge in [0.2, 0.25) is 5.91 Å². The van der Waals surface area contributed by atoms with E-state index in [0.717, 1.165) is 17.8 Å². The van der Waals surface area contributed by atoms with Crippen molar-refractivity contribution in [3.63, 3.8) is 0 Å². The van der Waals surface area contributed by atoms with Crippen molar-refractivity contribution in [2.45, 2.75) is 11.8 Å². The van der Waals surface area contributed by atoms with E-state index in [0.29, 0.717) is 11.4 Å². The molecule has 144 valence electrons. The number of para-hydroxylation sites is 1. The average Bonchev–Trinajstić information content (AvgIpc) is 2.67. The Kier molecular flexibility index (Phi) is 6.67. The van der Waals surface area contributed by atoms with Crippen molar-refractivity contribution in [1.29, 1.82) is 0 Å². The van der Waals surface area contributed by atoms with Crippen LogP contribution in [-0.2, 0) is 11.4 Å². The average molecular weight is 420 g/mol. The van der Waals surface area contributed by atoms with Crippen molar-refractivity contribution in [2.24, 2.45) is 0 Å². The van der Waals surface area contributed by atoms with Crippen molar-refractivity contribution >= 4 is 35.0 Å². The number of benzene rings is 2. The van der Waals surface area contributed by atoms with Gasteiger partial charge in [-0.25, -0.2) is 9.37 Å². The summed E-state index contributed by atoms with van der Waals surface area (Å²) in [6, 6.07) is 14.4. The molecule has 28 heavy (non-hydrogen) atoms. The molecule has 0 spiro atoms. The van der Waals surface area contributed by atoms with Gasteiger partial charge in [-0.15, -0.1) is 0 Å². The summed E-state index contributed by atoms with van der Waals surface area (Å²) in [5.41, 5.74) is 0.106. The highest BCUT2D eigenvalue weighted by Gasteiger charge is 2.10. The van der Waals surface area contributed by atoms with Gasteiger partial charge in [-0.05, 0) is 30.3 Å². The van der Waals surface area contributed by atoms with Crippen LogP contribution in [0.25, 0.3) is 0 Å². The van der Waals surface area contributed by atoms with E-state index >= 15 is 0 Å². The predicted octanol–water partition coefficient (Wildman–Crippen LogP) is 3.87. The van der Waals surface area contributed by atoms with Gasteiger partial charge in [-0.3, -0.25) is 9.59 Å². The largest absolute Gasteiger partial charge is 0.487 e.